The van der Waals surface area contributed by atoms with Gasteiger partial charge in [-0.3, -0.25) is 0 Å². The van der Waals surface area contributed by atoms with E-state index in [0.717, 1.165) is 19.3 Å². The van der Waals surface area contributed by atoms with Crippen LogP contribution in [0, 0.1) is 17.3 Å². The summed E-state index contributed by atoms with van der Waals surface area (Å²) in [6.07, 6.45) is 3.13. The molecule has 0 amide bonds. The maximum atomic E-state index is 10.3. The number of hydrogen-bond acceptors (Lipinski definition) is 3. The fourth-order valence-corrected chi connectivity index (χ4v) is 3.71. The molecule has 2 saturated carbocycles. The largest absolute Gasteiger partial charge is 0.396 e. The summed E-state index contributed by atoms with van der Waals surface area (Å²) in [5, 5.41) is 29.9. The molecule has 2 aliphatic carbocycles. The predicted octanol–water partition coefficient (Wildman–Crippen LogP) is 1.86. The lowest BCUT2D eigenvalue weighted by molar-refractivity contribution is -0.0911. The van der Waals surface area contributed by atoms with Crippen LogP contribution in [0.5, 0.6) is 0 Å². The molecule has 3 N–H and O–H groups in total. The summed E-state index contributed by atoms with van der Waals surface area (Å²) < 4.78 is 0. The normalized spacial score (nSPS) is 49.6. The van der Waals surface area contributed by atoms with Crippen LogP contribution in [0.4, 0.5) is 0 Å². The smallest absolute Gasteiger partial charge is 0.0877 e. The van der Waals surface area contributed by atoms with Crippen LogP contribution in [0.2, 0.25) is 0 Å². The molecule has 0 aliphatic heterocycles. The third-order valence-electron chi connectivity index (χ3n) is 5.37. The van der Waals surface area contributed by atoms with Gasteiger partial charge in [-0.2, -0.15) is 0 Å². The second-order valence-corrected chi connectivity index (χ2v) is 6.84. The van der Waals surface area contributed by atoms with Crippen LogP contribution in [0.3, 0.4) is 0 Å². The van der Waals surface area contributed by atoms with Gasteiger partial charge in [-0.05, 0) is 56.3 Å². The van der Waals surface area contributed by atoms with Crippen molar-refractivity contribution in [2.75, 3.05) is 6.61 Å². The number of allylic oxidation sites excluding steroid dienone is 1. The summed E-state index contributed by atoms with van der Waals surface area (Å²) >= 11 is 0. The molecule has 104 valence electrons. The van der Waals surface area contributed by atoms with Gasteiger partial charge < -0.3 is 15.3 Å². The molecule has 5 atom stereocenters. The molecule has 2 fully saturated rings. The quantitative estimate of drug-likeness (QED) is 0.626. The molecule has 2 rings (SSSR count). The van der Waals surface area contributed by atoms with Crippen molar-refractivity contribution in [3.63, 3.8) is 0 Å². The lowest BCUT2D eigenvalue weighted by atomic mass is 9.51. The van der Waals surface area contributed by atoms with Crippen molar-refractivity contribution < 1.29 is 15.3 Å². The summed E-state index contributed by atoms with van der Waals surface area (Å²) in [6, 6.07) is 0. The Labute approximate surface area is 110 Å². The van der Waals surface area contributed by atoms with E-state index in [1.54, 1.807) is 6.92 Å². The highest BCUT2D eigenvalue weighted by Gasteiger charge is 2.51. The minimum absolute atomic E-state index is 0.0288. The highest BCUT2D eigenvalue weighted by Crippen LogP contribution is 2.57. The van der Waals surface area contributed by atoms with Crippen LogP contribution in [0.15, 0.2) is 12.2 Å². The van der Waals surface area contributed by atoms with Crippen LogP contribution in [-0.2, 0) is 0 Å². The highest BCUT2D eigenvalue weighted by molar-refractivity contribution is 5.15. The Morgan fingerprint density at radius 2 is 2.00 bits per heavy atom. The van der Waals surface area contributed by atoms with Gasteiger partial charge in [0, 0.05) is 6.61 Å². The summed E-state index contributed by atoms with van der Waals surface area (Å²) in [5.41, 5.74) is 0.141. The molecule has 18 heavy (non-hydrogen) atoms. The fraction of sp³-hybridized carbons (Fsp3) is 0.867. The zero-order valence-electron chi connectivity index (χ0n) is 11.5. The molecule has 0 radical (unpaired) electrons. The molecule has 0 aromatic heterocycles. The van der Waals surface area contributed by atoms with Crippen molar-refractivity contribution >= 4 is 0 Å². The Morgan fingerprint density at radius 1 is 1.33 bits per heavy atom. The van der Waals surface area contributed by atoms with Crippen LogP contribution in [0.1, 0.15) is 46.0 Å². The van der Waals surface area contributed by atoms with Crippen molar-refractivity contribution in [3.05, 3.63) is 12.2 Å². The molecule has 0 heterocycles. The van der Waals surface area contributed by atoms with E-state index in [1.165, 1.54) is 5.57 Å². The summed E-state index contributed by atoms with van der Waals surface area (Å²) in [6.45, 7) is 8.18. The van der Waals surface area contributed by atoms with Crippen molar-refractivity contribution in [1.82, 2.24) is 0 Å². The minimum atomic E-state index is -1.01. The van der Waals surface area contributed by atoms with Crippen molar-refractivity contribution in [2.24, 2.45) is 17.3 Å². The Bertz CT molecular complexity index is 337. The molecule has 0 aromatic rings. The van der Waals surface area contributed by atoms with E-state index < -0.39 is 11.7 Å². The summed E-state index contributed by atoms with van der Waals surface area (Å²) in [5.74, 6) is 0.857. The fourth-order valence-electron chi connectivity index (χ4n) is 3.71. The van der Waals surface area contributed by atoms with E-state index in [-0.39, 0.29) is 12.0 Å². The van der Waals surface area contributed by atoms with Gasteiger partial charge in [0.05, 0.1) is 11.7 Å². The van der Waals surface area contributed by atoms with E-state index in [0.29, 0.717) is 24.7 Å². The van der Waals surface area contributed by atoms with Crippen molar-refractivity contribution in [2.45, 2.75) is 57.7 Å². The Morgan fingerprint density at radius 3 is 2.61 bits per heavy atom. The molecule has 2 aliphatic rings. The molecule has 3 nitrogen and oxygen atoms in total. The Hall–Kier alpha value is -0.380. The molecule has 0 saturated heterocycles. The van der Waals surface area contributed by atoms with Gasteiger partial charge in [0.2, 0.25) is 0 Å². The number of hydrogen-bond donors (Lipinski definition) is 3. The molecule has 0 bridgehead atoms. The maximum Gasteiger partial charge on any atom is 0.0877 e. The first kappa shape index (κ1) is 14.0. The number of rotatable bonds is 1. The summed E-state index contributed by atoms with van der Waals surface area (Å²) in [7, 11) is 0. The first-order chi connectivity index (χ1) is 8.30. The molecule has 4 unspecified atom stereocenters. The molecular weight excluding hydrogens is 228 g/mol. The first-order valence-electron chi connectivity index (χ1n) is 6.99. The van der Waals surface area contributed by atoms with Crippen LogP contribution >= 0.6 is 0 Å². The molecule has 0 aromatic carbocycles. The van der Waals surface area contributed by atoms with Gasteiger partial charge >= 0.3 is 0 Å². The topological polar surface area (TPSA) is 60.7 Å². The van der Waals surface area contributed by atoms with E-state index >= 15 is 0 Å². The van der Waals surface area contributed by atoms with E-state index in [9.17, 15) is 15.3 Å². The third-order valence-corrected chi connectivity index (χ3v) is 5.37. The van der Waals surface area contributed by atoms with E-state index in [1.807, 2.05) is 0 Å². The molecule has 0 spiro atoms. The van der Waals surface area contributed by atoms with Crippen LogP contribution in [0.25, 0.3) is 0 Å². The van der Waals surface area contributed by atoms with Crippen molar-refractivity contribution in [3.8, 4) is 0 Å². The van der Waals surface area contributed by atoms with Crippen LogP contribution < -0.4 is 0 Å². The SMILES string of the molecule is C=C1CCC(O)C(C)(O)CCC2C1C[C@@]2(C)CO. The third kappa shape index (κ3) is 2.24. The Balaban J connectivity index is 2.16. The maximum absolute atomic E-state index is 10.3. The number of aliphatic hydroxyl groups excluding tert-OH is 2. The van der Waals surface area contributed by atoms with E-state index in [2.05, 4.69) is 13.5 Å². The molecule has 3 heteroatoms. The standard InChI is InChI=1S/C15H26O3/c1-10-4-5-13(17)15(3,18)7-6-12-11(10)8-14(12,2)9-16/h11-13,16-18H,1,4-9H2,2-3H3/t11?,12?,13?,14-,15?/m0/s1. The number of aliphatic hydroxyl groups is 3. The van der Waals surface area contributed by atoms with Gasteiger partial charge in [0.25, 0.3) is 0 Å². The minimum Gasteiger partial charge on any atom is -0.396 e. The van der Waals surface area contributed by atoms with Gasteiger partial charge in [0.1, 0.15) is 0 Å². The number of fused-ring (bicyclic) bond motifs is 1. The van der Waals surface area contributed by atoms with Gasteiger partial charge in [-0.1, -0.05) is 19.1 Å². The lowest BCUT2D eigenvalue weighted by Gasteiger charge is -2.54. The Kier molecular flexibility index (Phi) is 3.60. The monoisotopic (exact) mass is 254 g/mol. The summed E-state index contributed by atoms with van der Waals surface area (Å²) in [4.78, 5) is 0. The van der Waals surface area contributed by atoms with E-state index in [4.69, 9.17) is 0 Å². The second kappa shape index (κ2) is 4.62. The van der Waals surface area contributed by atoms with Gasteiger partial charge in [0.15, 0.2) is 0 Å². The van der Waals surface area contributed by atoms with Crippen LogP contribution in [-0.4, -0.2) is 33.6 Å². The second-order valence-electron chi connectivity index (χ2n) is 6.84. The molecular formula is C15H26O3. The average Bonchev–Trinajstić information content (AvgIpc) is 2.33. The highest BCUT2D eigenvalue weighted by atomic mass is 16.3. The van der Waals surface area contributed by atoms with Crippen molar-refractivity contribution in [1.29, 1.82) is 0 Å². The van der Waals surface area contributed by atoms with Gasteiger partial charge in [-0.15, -0.1) is 0 Å². The van der Waals surface area contributed by atoms with Gasteiger partial charge in [-0.25, -0.2) is 0 Å². The zero-order valence-corrected chi connectivity index (χ0v) is 11.5. The lowest BCUT2D eigenvalue weighted by Crippen LogP contribution is -2.49. The zero-order chi connectivity index (χ0) is 13.6. The average molecular weight is 254 g/mol. The first-order valence-corrected chi connectivity index (χ1v) is 6.99. The predicted molar refractivity (Wildman–Crippen MR) is 71.0 cm³/mol.